The largest absolute Gasteiger partial charge is 0.309 e. The maximum atomic E-state index is 2.30. The molecule has 0 aliphatic carbocycles. The minimum Gasteiger partial charge on any atom is -0.309 e. The van der Waals surface area contributed by atoms with Crippen molar-refractivity contribution in [3.8, 4) is 0 Å². The lowest BCUT2D eigenvalue weighted by atomic mass is 10.0. The molecule has 0 spiro atoms. The van der Waals surface area contributed by atoms with Crippen molar-refractivity contribution in [3.63, 3.8) is 0 Å². The lowest BCUT2D eigenvalue weighted by Gasteiger charge is -2.08. The molecule has 0 aromatic heterocycles. The van der Waals surface area contributed by atoms with Crippen molar-refractivity contribution in [2.45, 2.75) is 103 Å². The number of halogens is 1. The Morgan fingerprint density at radius 3 is 1.44 bits per heavy atom. The third-order valence-corrected chi connectivity index (χ3v) is 5.56. The van der Waals surface area contributed by atoms with Gasteiger partial charge < -0.3 is 4.90 Å². The molecule has 158 valence electrons. The first-order chi connectivity index (χ1) is 12.7. The third kappa shape index (κ3) is 16.2. The number of benzene rings is 1. The minimum absolute atomic E-state index is 0. The molecule has 1 nitrogen and oxygen atoms in total. The maximum Gasteiger partial charge on any atom is -0.00248 e. The summed E-state index contributed by atoms with van der Waals surface area (Å²) in [5.74, 6) is 0. The Morgan fingerprint density at radius 1 is 0.593 bits per heavy atom. The summed E-state index contributed by atoms with van der Waals surface area (Å²) < 4.78 is 0. The monoisotopic (exact) mass is 395 g/mol. The molecule has 27 heavy (non-hydrogen) atoms. The Hall–Kier alpha value is -0.530. The highest BCUT2D eigenvalue weighted by atomic mass is 35.5. The van der Waals surface area contributed by atoms with Crippen LogP contribution in [-0.4, -0.2) is 25.5 Å². The molecule has 0 N–H and O–H groups in total. The van der Waals surface area contributed by atoms with E-state index in [-0.39, 0.29) is 12.4 Å². The first kappa shape index (κ1) is 26.5. The smallest absolute Gasteiger partial charge is 0.00248 e. The first-order valence-electron chi connectivity index (χ1n) is 11.4. The van der Waals surface area contributed by atoms with Gasteiger partial charge in [-0.3, -0.25) is 0 Å². The van der Waals surface area contributed by atoms with Gasteiger partial charge in [0, 0.05) is 0 Å². The van der Waals surface area contributed by atoms with E-state index in [1.165, 1.54) is 108 Å². The lowest BCUT2D eigenvalue weighted by molar-refractivity contribution is 0.389. The molecular formula is C25H46ClN. The van der Waals surface area contributed by atoms with E-state index < -0.39 is 0 Å². The summed E-state index contributed by atoms with van der Waals surface area (Å²) in [4.78, 5) is 2.30. The molecule has 0 aliphatic rings. The molecule has 1 aromatic carbocycles. The average molecular weight is 396 g/mol. The van der Waals surface area contributed by atoms with Crippen LogP contribution >= 0.6 is 12.4 Å². The van der Waals surface area contributed by atoms with E-state index in [1.807, 2.05) is 0 Å². The number of hydrogen-bond acceptors (Lipinski definition) is 1. The van der Waals surface area contributed by atoms with Gasteiger partial charge in [-0.05, 0) is 58.0 Å². The highest BCUT2D eigenvalue weighted by Gasteiger charge is 1.98. The number of unbranched alkanes of at least 4 members (excludes halogenated alkanes) is 13. The summed E-state index contributed by atoms with van der Waals surface area (Å²) in [5, 5.41) is 0. The van der Waals surface area contributed by atoms with Gasteiger partial charge in [0.15, 0.2) is 0 Å². The fraction of sp³-hybridized carbons (Fsp3) is 0.760. The molecule has 1 aromatic rings. The van der Waals surface area contributed by atoms with Crippen molar-refractivity contribution in [2.75, 3.05) is 20.6 Å². The van der Waals surface area contributed by atoms with Crippen molar-refractivity contribution >= 4 is 12.4 Å². The molecule has 0 unspecified atom stereocenters. The number of rotatable bonds is 17. The molecule has 2 heteroatoms. The predicted molar refractivity (Wildman–Crippen MR) is 125 cm³/mol. The van der Waals surface area contributed by atoms with Crippen LogP contribution in [0.2, 0.25) is 0 Å². The summed E-state index contributed by atoms with van der Waals surface area (Å²) in [6, 6.07) is 8.85. The molecular weight excluding hydrogens is 350 g/mol. The first-order valence-corrected chi connectivity index (χ1v) is 11.4. The SMILES string of the molecule is Cc1ccccc1CCCCCCCCCCCCCCCCN(C)C.Cl. The van der Waals surface area contributed by atoms with E-state index in [2.05, 4.69) is 50.2 Å². The van der Waals surface area contributed by atoms with Crippen LogP contribution in [0.3, 0.4) is 0 Å². The standard InChI is InChI=1S/C25H45N.ClH/c1-24-20-17-18-22-25(24)21-16-14-12-10-8-6-4-5-7-9-11-13-15-19-23-26(2)3;/h17-18,20,22H,4-16,19,21,23H2,1-3H3;1H. The Labute approximate surface area is 176 Å². The van der Waals surface area contributed by atoms with Crippen molar-refractivity contribution in [2.24, 2.45) is 0 Å². The van der Waals surface area contributed by atoms with Gasteiger partial charge in [-0.2, -0.15) is 0 Å². The molecule has 0 radical (unpaired) electrons. The molecule has 0 bridgehead atoms. The van der Waals surface area contributed by atoms with Gasteiger partial charge in [0.2, 0.25) is 0 Å². The zero-order chi connectivity index (χ0) is 18.9. The Kier molecular flexibility index (Phi) is 18.4. The van der Waals surface area contributed by atoms with E-state index in [9.17, 15) is 0 Å². The summed E-state index contributed by atoms with van der Waals surface area (Å²) in [6.07, 6.45) is 21.3. The Balaban J connectivity index is 0.00000676. The zero-order valence-corrected chi connectivity index (χ0v) is 19.3. The van der Waals surface area contributed by atoms with E-state index in [0.717, 1.165) is 0 Å². The van der Waals surface area contributed by atoms with Gasteiger partial charge in [-0.15, -0.1) is 12.4 Å². The molecule has 0 saturated carbocycles. The second-order valence-electron chi connectivity index (χ2n) is 8.43. The normalized spacial score (nSPS) is 11.0. The van der Waals surface area contributed by atoms with Crippen LogP contribution in [-0.2, 0) is 6.42 Å². The second-order valence-corrected chi connectivity index (χ2v) is 8.43. The molecule has 1 rings (SSSR count). The number of hydrogen-bond donors (Lipinski definition) is 0. The molecule has 0 amide bonds. The van der Waals surface area contributed by atoms with Crippen molar-refractivity contribution < 1.29 is 0 Å². The quantitative estimate of drug-likeness (QED) is 0.241. The fourth-order valence-corrected chi connectivity index (χ4v) is 3.76. The van der Waals surface area contributed by atoms with E-state index in [4.69, 9.17) is 0 Å². The van der Waals surface area contributed by atoms with Crippen LogP contribution in [0.4, 0.5) is 0 Å². The van der Waals surface area contributed by atoms with Crippen LogP contribution < -0.4 is 0 Å². The maximum absolute atomic E-state index is 2.30. The Morgan fingerprint density at radius 2 is 1.00 bits per heavy atom. The van der Waals surface area contributed by atoms with E-state index in [1.54, 1.807) is 5.56 Å². The van der Waals surface area contributed by atoms with Gasteiger partial charge in [0.25, 0.3) is 0 Å². The van der Waals surface area contributed by atoms with Crippen LogP contribution in [0.5, 0.6) is 0 Å². The fourth-order valence-electron chi connectivity index (χ4n) is 3.76. The summed E-state index contributed by atoms with van der Waals surface area (Å²) >= 11 is 0. The van der Waals surface area contributed by atoms with Gasteiger partial charge in [0.05, 0.1) is 0 Å². The van der Waals surface area contributed by atoms with Crippen LogP contribution in [0, 0.1) is 6.92 Å². The summed E-state index contributed by atoms with van der Waals surface area (Å²) in [7, 11) is 4.34. The van der Waals surface area contributed by atoms with Gasteiger partial charge in [0.1, 0.15) is 0 Å². The van der Waals surface area contributed by atoms with Crippen molar-refractivity contribution in [3.05, 3.63) is 35.4 Å². The van der Waals surface area contributed by atoms with E-state index >= 15 is 0 Å². The Bertz CT molecular complexity index is 430. The summed E-state index contributed by atoms with van der Waals surface area (Å²) in [5.41, 5.74) is 3.01. The highest BCUT2D eigenvalue weighted by Crippen LogP contribution is 2.15. The minimum atomic E-state index is 0. The molecule has 0 saturated heterocycles. The highest BCUT2D eigenvalue weighted by molar-refractivity contribution is 5.85. The van der Waals surface area contributed by atoms with Crippen LogP contribution in [0.15, 0.2) is 24.3 Å². The molecule has 0 atom stereocenters. The summed E-state index contributed by atoms with van der Waals surface area (Å²) in [6.45, 7) is 3.49. The third-order valence-electron chi connectivity index (χ3n) is 5.56. The van der Waals surface area contributed by atoms with Crippen LogP contribution in [0.25, 0.3) is 0 Å². The van der Waals surface area contributed by atoms with Crippen LogP contribution in [0.1, 0.15) is 101 Å². The van der Waals surface area contributed by atoms with Crippen molar-refractivity contribution in [1.29, 1.82) is 0 Å². The van der Waals surface area contributed by atoms with Gasteiger partial charge in [-0.25, -0.2) is 0 Å². The van der Waals surface area contributed by atoms with Gasteiger partial charge in [-0.1, -0.05) is 101 Å². The molecule has 0 aliphatic heterocycles. The molecule has 0 fully saturated rings. The topological polar surface area (TPSA) is 3.24 Å². The second kappa shape index (κ2) is 18.8. The van der Waals surface area contributed by atoms with Crippen molar-refractivity contribution in [1.82, 2.24) is 4.90 Å². The number of nitrogens with zero attached hydrogens (tertiary/aromatic N) is 1. The van der Waals surface area contributed by atoms with E-state index in [0.29, 0.717) is 0 Å². The number of aryl methyl sites for hydroxylation is 2. The predicted octanol–water partition coefficient (Wildman–Crippen LogP) is 7.98. The molecule has 0 heterocycles. The lowest BCUT2D eigenvalue weighted by Crippen LogP contribution is -2.12. The average Bonchev–Trinajstić information content (AvgIpc) is 2.62. The van der Waals surface area contributed by atoms with Gasteiger partial charge >= 0.3 is 0 Å². The zero-order valence-electron chi connectivity index (χ0n) is 18.5.